The first-order chi connectivity index (χ1) is 7.34. The third-order valence-corrected chi connectivity index (χ3v) is 5.14. The van der Waals surface area contributed by atoms with Gasteiger partial charge in [0.2, 0.25) is 0 Å². The highest BCUT2D eigenvalue weighted by atomic mass is 14.9. The second kappa shape index (κ2) is 2.37. The summed E-state index contributed by atoms with van der Waals surface area (Å²) in [6.07, 6.45) is 4.30. The largest absolute Gasteiger partial charge is 0.0952 e. The Balaban J connectivity index is 1.54. The minimum atomic E-state index is 0.771. The average Bonchev–Trinajstić information content (AvgIpc) is 2.90. The Kier molecular flexibility index (Phi) is 1.29. The van der Waals surface area contributed by atoms with Crippen molar-refractivity contribution in [2.45, 2.75) is 19.3 Å². The molecule has 4 saturated carbocycles. The predicted molar refractivity (Wildman–Crippen MR) is 62.2 cm³/mol. The lowest BCUT2D eigenvalue weighted by Gasteiger charge is -2.10. The second-order valence-corrected chi connectivity index (χ2v) is 5.57. The molecule has 0 heterocycles. The third-order valence-electron chi connectivity index (χ3n) is 5.14. The first-order valence-electron chi connectivity index (χ1n) is 6.07. The standard InChI is InChI=1S/C15H16/c1-10(11-5-3-2-4-6-11)9-15-12-7-8-13(15)14(12)15/h2-6,12-14H,1,7-9H2/t12-,13+,14?,15?. The van der Waals surface area contributed by atoms with Gasteiger partial charge in [-0.25, -0.2) is 0 Å². The molecule has 0 amide bonds. The summed E-state index contributed by atoms with van der Waals surface area (Å²) < 4.78 is 0. The zero-order valence-electron chi connectivity index (χ0n) is 8.95. The van der Waals surface area contributed by atoms with E-state index in [0.29, 0.717) is 0 Å². The highest BCUT2D eigenvalue weighted by Crippen LogP contribution is 2.93. The van der Waals surface area contributed by atoms with Crippen LogP contribution in [-0.4, -0.2) is 0 Å². The van der Waals surface area contributed by atoms with Crippen LogP contribution in [0.4, 0.5) is 0 Å². The maximum absolute atomic E-state index is 4.27. The normalized spacial score (nSPS) is 43.6. The molecule has 5 rings (SSSR count). The van der Waals surface area contributed by atoms with E-state index in [2.05, 4.69) is 36.9 Å². The van der Waals surface area contributed by atoms with E-state index in [1.54, 1.807) is 0 Å². The van der Waals surface area contributed by atoms with Crippen molar-refractivity contribution in [3.63, 3.8) is 0 Å². The van der Waals surface area contributed by atoms with Gasteiger partial charge >= 0.3 is 0 Å². The van der Waals surface area contributed by atoms with Gasteiger partial charge in [0.05, 0.1) is 0 Å². The smallest absolute Gasteiger partial charge is 0.0161 e. The van der Waals surface area contributed by atoms with Gasteiger partial charge in [0, 0.05) is 0 Å². The lowest BCUT2D eigenvalue weighted by molar-refractivity contribution is 0.501. The van der Waals surface area contributed by atoms with E-state index in [0.717, 1.165) is 23.2 Å². The van der Waals surface area contributed by atoms with E-state index >= 15 is 0 Å². The van der Waals surface area contributed by atoms with Crippen molar-refractivity contribution in [3.8, 4) is 0 Å². The molecule has 1 aromatic rings. The lowest BCUT2D eigenvalue weighted by Crippen LogP contribution is -1.99. The Morgan fingerprint density at radius 2 is 1.87 bits per heavy atom. The molecular weight excluding hydrogens is 180 g/mol. The van der Waals surface area contributed by atoms with Crippen LogP contribution in [0.2, 0.25) is 0 Å². The van der Waals surface area contributed by atoms with Gasteiger partial charge in [-0.15, -0.1) is 0 Å². The van der Waals surface area contributed by atoms with Crippen molar-refractivity contribution in [2.24, 2.45) is 23.2 Å². The SMILES string of the molecule is C=C(CC12C3[C@H]1CC[C@@H]32)c1ccccc1. The maximum Gasteiger partial charge on any atom is -0.0161 e. The van der Waals surface area contributed by atoms with Gasteiger partial charge in [-0.3, -0.25) is 0 Å². The van der Waals surface area contributed by atoms with Crippen molar-refractivity contribution in [2.75, 3.05) is 0 Å². The summed E-state index contributed by atoms with van der Waals surface area (Å²) in [5.41, 5.74) is 3.49. The van der Waals surface area contributed by atoms with E-state index < -0.39 is 0 Å². The third kappa shape index (κ3) is 0.844. The zero-order chi connectivity index (χ0) is 10.0. The Hall–Kier alpha value is -1.04. The molecule has 0 heteroatoms. The Morgan fingerprint density at radius 3 is 2.47 bits per heavy atom. The van der Waals surface area contributed by atoms with Crippen LogP contribution in [0.3, 0.4) is 0 Å². The zero-order valence-corrected chi connectivity index (χ0v) is 8.95. The van der Waals surface area contributed by atoms with E-state index in [9.17, 15) is 0 Å². The lowest BCUT2D eigenvalue weighted by atomic mass is 9.94. The van der Waals surface area contributed by atoms with Crippen LogP contribution in [-0.2, 0) is 0 Å². The molecule has 4 aliphatic carbocycles. The number of benzene rings is 1. The van der Waals surface area contributed by atoms with Gasteiger partial charge in [-0.1, -0.05) is 36.9 Å². The summed E-state index contributed by atoms with van der Waals surface area (Å²) in [5.74, 6) is 3.32. The molecule has 1 aromatic carbocycles. The fourth-order valence-electron chi connectivity index (χ4n) is 4.37. The van der Waals surface area contributed by atoms with Gasteiger partial charge in [0.15, 0.2) is 0 Å². The number of hydrogen-bond donors (Lipinski definition) is 0. The summed E-state index contributed by atoms with van der Waals surface area (Å²) in [6.45, 7) is 4.27. The molecule has 0 aromatic heterocycles. The van der Waals surface area contributed by atoms with Crippen LogP contribution in [0.15, 0.2) is 36.9 Å². The Morgan fingerprint density at radius 1 is 1.20 bits per heavy atom. The van der Waals surface area contributed by atoms with E-state index in [1.807, 2.05) is 0 Å². The number of allylic oxidation sites excluding steroid dienone is 1. The molecule has 15 heavy (non-hydrogen) atoms. The topological polar surface area (TPSA) is 0 Å². The summed E-state index contributed by atoms with van der Waals surface area (Å²) in [7, 11) is 0. The van der Waals surface area contributed by atoms with Crippen molar-refractivity contribution in [1.29, 1.82) is 0 Å². The van der Waals surface area contributed by atoms with Crippen molar-refractivity contribution >= 4 is 5.57 Å². The molecule has 0 N–H and O–H groups in total. The number of rotatable bonds is 3. The number of fused-ring (bicyclic) bond motifs is 1. The van der Waals surface area contributed by atoms with Crippen molar-refractivity contribution in [1.82, 2.24) is 0 Å². The summed E-state index contributed by atoms with van der Waals surface area (Å²) in [6, 6.07) is 10.7. The molecule has 76 valence electrons. The molecule has 2 unspecified atom stereocenters. The van der Waals surface area contributed by atoms with Crippen LogP contribution in [0, 0.1) is 23.2 Å². The Bertz CT molecular complexity index is 407. The van der Waals surface area contributed by atoms with E-state index in [-0.39, 0.29) is 0 Å². The van der Waals surface area contributed by atoms with Crippen LogP contribution < -0.4 is 0 Å². The predicted octanol–water partition coefficient (Wildman–Crippen LogP) is 3.75. The maximum atomic E-state index is 4.27. The molecule has 4 aliphatic rings. The molecular formula is C15H16. The van der Waals surface area contributed by atoms with Gasteiger partial charge in [-0.2, -0.15) is 0 Å². The summed E-state index contributed by atoms with van der Waals surface area (Å²) >= 11 is 0. The van der Waals surface area contributed by atoms with Crippen molar-refractivity contribution < 1.29 is 0 Å². The van der Waals surface area contributed by atoms with Gasteiger partial charge < -0.3 is 0 Å². The van der Waals surface area contributed by atoms with Crippen LogP contribution in [0.25, 0.3) is 5.57 Å². The molecule has 2 bridgehead atoms. The van der Waals surface area contributed by atoms with Crippen LogP contribution in [0.5, 0.6) is 0 Å². The minimum Gasteiger partial charge on any atom is -0.0952 e. The molecule has 0 radical (unpaired) electrons. The van der Waals surface area contributed by atoms with Gasteiger partial charge in [0.1, 0.15) is 0 Å². The number of hydrogen-bond acceptors (Lipinski definition) is 0. The first-order valence-corrected chi connectivity index (χ1v) is 6.07. The molecule has 0 aliphatic heterocycles. The second-order valence-electron chi connectivity index (χ2n) is 5.57. The van der Waals surface area contributed by atoms with Crippen LogP contribution >= 0.6 is 0 Å². The van der Waals surface area contributed by atoms with E-state index in [1.165, 1.54) is 30.4 Å². The van der Waals surface area contributed by atoms with Crippen LogP contribution in [0.1, 0.15) is 24.8 Å². The summed E-state index contributed by atoms with van der Waals surface area (Å²) in [4.78, 5) is 0. The van der Waals surface area contributed by atoms with Gasteiger partial charge in [0.25, 0.3) is 0 Å². The molecule has 0 saturated heterocycles. The minimum absolute atomic E-state index is 0.771. The monoisotopic (exact) mass is 196 g/mol. The molecule has 4 fully saturated rings. The highest BCUT2D eigenvalue weighted by Gasteiger charge is 2.87. The fraction of sp³-hybridized carbons (Fsp3) is 0.467. The quantitative estimate of drug-likeness (QED) is 0.690. The van der Waals surface area contributed by atoms with Gasteiger partial charge in [-0.05, 0) is 53.6 Å². The van der Waals surface area contributed by atoms with Crippen molar-refractivity contribution in [3.05, 3.63) is 42.5 Å². The molecule has 4 atom stereocenters. The highest BCUT2D eigenvalue weighted by molar-refractivity contribution is 5.66. The first kappa shape index (κ1) is 8.15. The average molecular weight is 196 g/mol. The Labute approximate surface area is 91.0 Å². The fourth-order valence-corrected chi connectivity index (χ4v) is 4.37. The molecule has 0 spiro atoms. The van der Waals surface area contributed by atoms with E-state index in [4.69, 9.17) is 0 Å². The summed E-state index contributed by atoms with van der Waals surface area (Å²) in [5, 5.41) is 0. The molecule has 0 nitrogen and oxygen atoms in total.